The summed E-state index contributed by atoms with van der Waals surface area (Å²) >= 11 is 0. The lowest BCUT2D eigenvalue weighted by atomic mass is 10.3. The predicted octanol–water partition coefficient (Wildman–Crippen LogP) is 1.10. The van der Waals surface area contributed by atoms with Crippen molar-refractivity contribution in [3.63, 3.8) is 0 Å². The number of carbonyl (C=O) groups is 1. The van der Waals surface area contributed by atoms with Crippen molar-refractivity contribution in [1.82, 2.24) is 0 Å². The number of carbonyl (C=O) groups excluding carboxylic acids is 1. The third-order valence-corrected chi connectivity index (χ3v) is 1.12. The molecule has 7 heavy (non-hydrogen) atoms. The highest BCUT2D eigenvalue weighted by atomic mass is 16.1. The standard InChI is InChI=1S/C6H7O/c7-5-6-3-1-2-4-6/h5H,1-3H2/q+1. The van der Waals surface area contributed by atoms with Crippen LogP contribution in [0.3, 0.4) is 0 Å². The minimum absolute atomic E-state index is 0.861. The van der Waals surface area contributed by atoms with E-state index < -0.39 is 0 Å². The second-order valence-electron chi connectivity index (χ2n) is 1.67. The maximum Gasteiger partial charge on any atom is 0.292 e. The maximum absolute atomic E-state index is 9.91. The fraction of sp³-hybridized carbons (Fsp3) is 0.500. The van der Waals surface area contributed by atoms with Gasteiger partial charge in [0, 0.05) is 6.42 Å². The quantitative estimate of drug-likeness (QED) is 0.352. The Morgan fingerprint density at radius 3 is 2.86 bits per heavy atom. The van der Waals surface area contributed by atoms with Gasteiger partial charge in [0.15, 0.2) is 0 Å². The summed E-state index contributed by atoms with van der Waals surface area (Å²) in [5.74, 6) is 0. The number of hydrogen-bond acceptors (Lipinski definition) is 1. The molecule has 0 aliphatic heterocycles. The molecule has 0 fully saturated rings. The van der Waals surface area contributed by atoms with Crippen LogP contribution in [-0.4, -0.2) is 6.29 Å². The second-order valence-corrected chi connectivity index (χ2v) is 1.67. The van der Waals surface area contributed by atoms with Crippen molar-refractivity contribution in [1.29, 1.82) is 0 Å². The molecule has 0 aromatic heterocycles. The van der Waals surface area contributed by atoms with Crippen LogP contribution in [0.4, 0.5) is 0 Å². The first-order valence-corrected chi connectivity index (χ1v) is 2.48. The van der Waals surface area contributed by atoms with E-state index in [1.807, 2.05) is 0 Å². The molecule has 1 aliphatic carbocycles. The Balaban J connectivity index is 2.51. The Labute approximate surface area is 43.0 Å². The van der Waals surface area contributed by atoms with Crippen LogP contribution in [0.15, 0.2) is 5.57 Å². The van der Waals surface area contributed by atoms with E-state index in [2.05, 4.69) is 6.08 Å². The molecule has 0 saturated carbocycles. The van der Waals surface area contributed by atoms with Gasteiger partial charge in [-0.25, -0.2) is 0 Å². The smallest absolute Gasteiger partial charge is 0.180 e. The lowest BCUT2D eigenvalue weighted by Gasteiger charge is -1.68. The van der Waals surface area contributed by atoms with Gasteiger partial charge in [0.25, 0.3) is 6.29 Å². The normalized spacial score (nSPS) is 18.0. The molecule has 1 aliphatic rings. The molecule has 0 amide bonds. The molecule has 0 heterocycles. The second kappa shape index (κ2) is 1.85. The molecular weight excluding hydrogens is 88.1 g/mol. The van der Waals surface area contributed by atoms with E-state index in [4.69, 9.17) is 0 Å². The van der Waals surface area contributed by atoms with Crippen LogP contribution in [-0.2, 0) is 4.79 Å². The number of aldehydes is 1. The van der Waals surface area contributed by atoms with Crippen molar-refractivity contribution in [2.75, 3.05) is 0 Å². The van der Waals surface area contributed by atoms with Crippen molar-refractivity contribution in [2.24, 2.45) is 0 Å². The van der Waals surface area contributed by atoms with Crippen molar-refractivity contribution < 1.29 is 4.79 Å². The van der Waals surface area contributed by atoms with Gasteiger partial charge in [0.05, 0.1) is 12.5 Å². The van der Waals surface area contributed by atoms with Gasteiger partial charge in [-0.15, -0.1) is 0 Å². The summed E-state index contributed by atoms with van der Waals surface area (Å²) < 4.78 is 0. The minimum Gasteiger partial charge on any atom is -0.180 e. The molecule has 36 valence electrons. The molecule has 0 atom stereocenters. The molecule has 0 aromatic carbocycles. The molecule has 0 bridgehead atoms. The van der Waals surface area contributed by atoms with Gasteiger partial charge in [0.2, 0.25) is 5.57 Å². The fourth-order valence-corrected chi connectivity index (χ4v) is 0.717. The van der Waals surface area contributed by atoms with Crippen molar-refractivity contribution in [2.45, 2.75) is 19.3 Å². The van der Waals surface area contributed by atoms with Gasteiger partial charge in [-0.2, -0.15) is 4.79 Å². The summed E-state index contributed by atoms with van der Waals surface area (Å²) in [4.78, 5) is 9.91. The maximum atomic E-state index is 9.91. The predicted molar refractivity (Wildman–Crippen MR) is 26.7 cm³/mol. The Morgan fingerprint density at radius 1 is 1.71 bits per heavy atom. The first kappa shape index (κ1) is 4.48. The summed E-state index contributed by atoms with van der Waals surface area (Å²) in [5.41, 5.74) is 0.861. The SMILES string of the molecule is O=CC1=[C+]CCC1. The summed E-state index contributed by atoms with van der Waals surface area (Å²) in [6.45, 7) is 0. The van der Waals surface area contributed by atoms with Crippen LogP contribution in [0.25, 0.3) is 0 Å². The summed E-state index contributed by atoms with van der Waals surface area (Å²) in [5, 5.41) is 0. The summed E-state index contributed by atoms with van der Waals surface area (Å²) in [7, 11) is 0. The molecule has 0 aromatic rings. The first-order chi connectivity index (χ1) is 3.43. The molecule has 1 heteroatoms. The van der Waals surface area contributed by atoms with E-state index in [0.717, 1.165) is 31.1 Å². The van der Waals surface area contributed by atoms with Gasteiger partial charge in [-0.3, -0.25) is 0 Å². The Hall–Kier alpha value is -0.680. The van der Waals surface area contributed by atoms with Crippen LogP contribution >= 0.6 is 0 Å². The van der Waals surface area contributed by atoms with E-state index in [1.165, 1.54) is 0 Å². The minimum atomic E-state index is 0.861. The van der Waals surface area contributed by atoms with Crippen LogP contribution in [0.5, 0.6) is 0 Å². The Bertz CT molecular complexity index is 103. The number of hydrogen-bond donors (Lipinski definition) is 0. The largest absolute Gasteiger partial charge is 0.292 e. The van der Waals surface area contributed by atoms with Crippen LogP contribution in [0.1, 0.15) is 19.3 Å². The zero-order chi connectivity index (χ0) is 5.11. The highest BCUT2D eigenvalue weighted by Crippen LogP contribution is 2.13. The topological polar surface area (TPSA) is 17.1 Å². The fourth-order valence-electron chi connectivity index (χ4n) is 0.717. The van der Waals surface area contributed by atoms with Crippen molar-refractivity contribution >= 4 is 6.29 Å². The van der Waals surface area contributed by atoms with Crippen molar-refractivity contribution in [3.8, 4) is 0 Å². The zero-order valence-corrected chi connectivity index (χ0v) is 4.11. The molecule has 0 radical (unpaired) electrons. The molecule has 0 saturated heterocycles. The molecule has 0 unspecified atom stereocenters. The van der Waals surface area contributed by atoms with E-state index in [1.54, 1.807) is 0 Å². The van der Waals surface area contributed by atoms with Gasteiger partial charge >= 0.3 is 0 Å². The molecule has 1 rings (SSSR count). The average molecular weight is 95.1 g/mol. The van der Waals surface area contributed by atoms with Crippen LogP contribution in [0.2, 0.25) is 0 Å². The Kier molecular flexibility index (Phi) is 1.19. The third-order valence-electron chi connectivity index (χ3n) is 1.12. The van der Waals surface area contributed by atoms with Gasteiger partial charge in [0.1, 0.15) is 0 Å². The van der Waals surface area contributed by atoms with Gasteiger partial charge in [-0.1, -0.05) is 0 Å². The van der Waals surface area contributed by atoms with Crippen LogP contribution < -0.4 is 0 Å². The molecular formula is C6H7O+. The number of rotatable bonds is 1. The lowest BCUT2D eigenvalue weighted by molar-refractivity contribution is -0.105. The zero-order valence-electron chi connectivity index (χ0n) is 4.11. The van der Waals surface area contributed by atoms with Gasteiger partial charge < -0.3 is 0 Å². The molecule has 0 spiro atoms. The highest BCUT2D eigenvalue weighted by molar-refractivity contribution is 5.72. The first-order valence-electron chi connectivity index (χ1n) is 2.48. The summed E-state index contributed by atoms with van der Waals surface area (Å²) in [6, 6.07) is 0. The van der Waals surface area contributed by atoms with E-state index in [0.29, 0.717) is 0 Å². The highest BCUT2D eigenvalue weighted by Gasteiger charge is 2.12. The van der Waals surface area contributed by atoms with E-state index in [9.17, 15) is 4.79 Å². The van der Waals surface area contributed by atoms with Crippen LogP contribution in [0, 0.1) is 6.08 Å². The van der Waals surface area contributed by atoms with E-state index >= 15 is 0 Å². The number of allylic oxidation sites excluding steroid dienone is 2. The third kappa shape index (κ3) is 0.847. The molecule has 1 nitrogen and oxygen atoms in total. The van der Waals surface area contributed by atoms with Gasteiger partial charge in [-0.05, 0) is 6.42 Å². The monoisotopic (exact) mass is 95.0 g/mol. The lowest BCUT2D eigenvalue weighted by Crippen LogP contribution is -1.74. The Morgan fingerprint density at radius 2 is 2.57 bits per heavy atom. The van der Waals surface area contributed by atoms with Crippen molar-refractivity contribution in [3.05, 3.63) is 11.6 Å². The summed E-state index contributed by atoms with van der Waals surface area (Å²) in [6.07, 6.45) is 6.90. The molecule has 0 N–H and O–H groups in total. The van der Waals surface area contributed by atoms with E-state index in [-0.39, 0.29) is 0 Å². The average Bonchev–Trinajstić information content (AvgIpc) is 2.14.